The number of halogens is 2. The molecule has 19 heavy (non-hydrogen) atoms. The lowest BCUT2D eigenvalue weighted by molar-refractivity contribution is 0.303. The molecular weight excluding hydrogens is 311 g/mol. The van der Waals surface area contributed by atoms with Gasteiger partial charge in [-0.2, -0.15) is 0 Å². The lowest BCUT2D eigenvalue weighted by Crippen LogP contribution is -1.96. The third-order valence-corrected chi connectivity index (χ3v) is 3.13. The van der Waals surface area contributed by atoms with Crippen LogP contribution in [0.4, 0.5) is 4.39 Å². The van der Waals surface area contributed by atoms with Crippen LogP contribution < -0.4 is 9.47 Å². The first kappa shape index (κ1) is 13.9. The molecule has 0 radical (unpaired) electrons. The quantitative estimate of drug-likeness (QED) is 0.802. The molecule has 0 aliphatic carbocycles. The minimum Gasteiger partial charge on any atom is -0.494 e. The molecule has 0 spiro atoms. The molecule has 0 aromatic heterocycles. The molecule has 0 atom stereocenters. The van der Waals surface area contributed by atoms with E-state index in [0.717, 1.165) is 17.1 Å². The normalized spacial score (nSPS) is 10.3. The van der Waals surface area contributed by atoms with E-state index in [2.05, 4.69) is 15.9 Å². The average Bonchev–Trinajstić information content (AvgIpc) is 2.42. The number of hydrogen-bond donors (Lipinski definition) is 0. The van der Waals surface area contributed by atoms with Gasteiger partial charge in [0.05, 0.1) is 11.1 Å². The highest BCUT2D eigenvalue weighted by Crippen LogP contribution is 2.20. The first-order chi connectivity index (χ1) is 9.19. The fourth-order valence-electron chi connectivity index (χ4n) is 1.59. The molecule has 0 aliphatic rings. The number of benzene rings is 2. The summed E-state index contributed by atoms with van der Waals surface area (Å²) in [5.74, 6) is 1.30. The zero-order valence-corrected chi connectivity index (χ0v) is 12.1. The average molecular weight is 325 g/mol. The summed E-state index contributed by atoms with van der Waals surface area (Å²) in [7, 11) is 0. The van der Waals surface area contributed by atoms with Gasteiger partial charge in [-0.15, -0.1) is 0 Å². The predicted molar refractivity (Wildman–Crippen MR) is 76.0 cm³/mol. The van der Waals surface area contributed by atoms with Crippen molar-refractivity contribution in [3.8, 4) is 11.5 Å². The molecule has 0 unspecified atom stereocenters. The molecule has 4 heteroatoms. The summed E-state index contributed by atoms with van der Waals surface area (Å²) < 4.78 is 24.5. The topological polar surface area (TPSA) is 18.5 Å². The standard InChI is InChI=1S/C15H14BrFO2/c1-2-18-12-4-6-13(7-5-12)19-10-11-3-8-15(17)14(16)9-11/h3-9H,2,10H2,1H3. The molecule has 2 rings (SSSR count). The second kappa shape index (κ2) is 6.57. The highest BCUT2D eigenvalue weighted by atomic mass is 79.9. The largest absolute Gasteiger partial charge is 0.494 e. The SMILES string of the molecule is CCOc1ccc(OCc2ccc(F)c(Br)c2)cc1. The minimum absolute atomic E-state index is 0.273. The van der Waals surface area contributed by atoms with E-state index in [1.54, 1.807) is 12.1 Å². The number of ether oxygens (including phenoxy) is 2. The van der Waals surface area contributed by atoms with Crippen molar-refractivity contribution in [1.82, 2.24) is 0 Å². The van der Waals surface area contributed by atoms with Gasteiger partial charge in [-0.1, -0.05) is 6.07 Å². The second-order valence-electron chi connectivity index (χ2n) is 3.94. The molecule has 0 saturated heterocycles. The molecule has 0 bridgehead atoms. The van der Waals surface area contributed by atoms with E-state index < -0.39 is 0 Å². The maximum Gasteiger partial charge on any atom is 0.137 e. The Labute approximate surface area is 120 Å². The maximum absolute atomic E-state index is 13.1. The van der Waals surface area contributed by atoms with E-state index in [4.69, 9.17) is 9.47 Å². The molecular formula is C15H14BrFO2. The van der Waals surface area contributed by atoms with Gasteiger partial charge in [0.2, 0.25) is 0 Å². The van der Waals surface area contributed by atoms with Crippen molar-refractivity contribution in [3.63, 3.8) is 0 Å². The lowest BCUT2D eigenvalue weighted by Gasteiger charge is -2.08. The fraction of sp³-hybridized carbons (Fsp3) is 0.200. The molecule has 0 amide bonds. The molecule has 0 fully saturated rings. The van der Waals surface area contributed by atoms with Crippen molar-refractivity contribution < 1.29 is 13.9 Å². The van der Waals surface area contributed by atoms with Crippen LogP contribution in [0.5, 0.6) is 11.5 Å². The van der Waals surface area contributed by atoms with Crippen LogP contribution in [0.25, 0.3) is 0 Å². The monoisotopic (exact) mass is 324 g/mol. The van der Waals surface area contributed by atoms with Crippen LogP contribution >= 0.6 is 15.9 Å². The van der Waals surface area contributed by atoms with Crippen LogP contribution in [0.1, 0.15) is 12.5 Å². The Kier molecular flexibility index (Phi) is 4.80. The van der Waals surface area contributed by atoms with Gasteiger partial charge in [0, 0.05) is 0 Å². The third-order valence-electron chi connectivity index (χ3n) is 2.52. The van der Waals surface area contributed by atoms with Gasteiger partial charge in [-0.25, -0.2) is 4.39 Å². The van der Waals surface area contributed by atoms with E-state index in [1.807, 2.05) is 31.2 Å². The zero-order chi connectivity index (χ0) is 13.7. The van der Waals surface area contributed by atoms with Crippen LogP contribution in [-0.2, 0) is 6.61 Å². The smallest absolute Gasteiger partial charge is 0.137 e. The summed E-state index contributed by atoms with van der Waals surface area (Å²) in [5, 5.41) is 0. The molecule has 100 valence electrons. The second-order valence-corrected chi connectivity index (χ2v) is 4.80. The van der Waals surface area contributed by atoms with Gasteiger partial charge in [-0.3, -0.25) is 0 Å². The Morgan fingerprint density at radius 2 is 1.63 bits per heavy atom. The van der Waals surface area contributed by atoms with Gasteiger partial charge in [0.1, 0.15) is 23.9 Å². The van der Waals surface area contributed by atoms with Crippen LogP contribution in [0.2, 0.25) is 0 Å². The Morgan fingerprint density at radius 1 is 1.00 bits per heavy atom. The third kappa shape index (κ3) is 3.96. The zero-order valence-electron chi connectivity index (χ0n) is 10.5. The van der Waals surface area contributed by atoms with Crippen LogP contribution in [0, 0.1) is 5.82 Å². The van der Waals surface area contributed by atoms with Crippen molar-refractivity contribution in [2.24, 2.45) is 0 Å². The molecule has 2 aromatic carbocycles. The van der Waals surface area contributed by atoms with Gasteiger partial charge in [0.25, 0.3) is 0 Å². The molecule has 0 aliphatic heterocycles. The fourth-order valence-corrected chi connectivity index (χ4v) is 2.02. The van der Waals surface area contributed by atoms with Gasteiger partial charge in [-0.05, 0) is 64.8 Å². The minimum atomic E-state index is -0.273. The van der Waals surface area contributed by atoms with E-state index in [9.17, 15) is 4.39 Å². The molecule has 2 aromatic rings. The molecule has 0 heterocycles. The van der Waals surface area contributed by atoms with Crippen molar-refractivity contribution in [2.45, 2.75) is 13.5 Å². The van der Waals surface area contributed by atoms with Crippen LogP contribution in [-0.4, -0.2) is 6.61 Å². The van der Waals surface area contributed by atoms with Gasteiger partial charge < -0.3 is 9.47 Å². The highest BCUT2D eigenvalue weighted by Gasteiger charge is 2.02. The van der Waals surface area contributed by atoms with Gasteiger partial charge >= 0.3 is 0 Å². The van der Waals surface area contributed by atoms with E-state index in [-0.39, 0.29) is 5.82 Å². The van der Waals surface area contributed by atoms with Crippen molar-refractivity contribution in [2.75, 3.05) is 6.61 Å². The van der Waals surface area contributed by atoms with Crippen molar-refractivity contribution in [1.29, 1.82) is 0 Å². The van der Waals surface area contributed by atoms with Crippen LogP contribution in [0.15, 0.2) is 46.9 Å². The van der Waals surface area contributed by atoms with Crippen LogP contribution in [0.3, 0.4) is 0 Å². The lowest BCUT2D eigenvalue weighted by atomic mass is 10.2. The summed E-state index contributed by atoms with van der Waals surface area (Å²) in [6.45, 7) is 2.98. The Balaban J connectivity index is 1.96. The number of hydrogen-bond acceptors (Lipinski definition) is 2. The van der Waals surface area contributed by atoms with E-state index >= 15 is 0 Å². The molecule has 0 N–H and O–H groups in total. The summed E-state index contributed by atoms with van der Waals surface area (Å²) in [4.78, 5) is 0. The van der Waals surface area contributed by atoms with E-state index in [1.165, 1.54) is 6.07 Å². The van der Waals surface area contributed by atoms with Gasteiger partial charge in [0.15, 0.2) is 0 Å². The number of rotatable bonds is 5. The Bertz CT molecular complexity index is 540. The summed E-state index contributed by atoms with van der Waals surface area (Å²) in [6.07, 6.45) is 0. The van der Waals surface area contributed by atoms with E-state index in [0.29, 0.717) is 17.7 Å². The first-order valence-corrected chi connectivity index (χ1v) is 6.78. The predicted octanol–water partition coefficient (Wildman–Crippen LogP) is 4.57. The maximum atomic E-state index is 13.1. The van der Waals surface area contributed by atoms with Crippen molar-refractivity contribution >= 4 is 15.9 Å². The molecule has 0 saturated carbocycles. The summed E-state index contributed by atoms with van der Waals surface area (Å²) >= 11 is 3.15. The molecule has 2 nitrogen and oxygen atoms in total. The summed E-state index contributed by atoms with van der Waals surface area (Å²) in [6, 6.07) is 12.3. The Morgan fingerprint density at radius 3 is 2.21 bits per heavy atom. The Hall–Kier alpha value is -1.55. The highest BCUT2D eigenvalue weighted by molar-refractivity contribution is 9.10. The summed E-state index contributed by atoms with van der Waals surface area (Å²) in [5.41, 5.74) is 0.905. The van der Waals surface area contributed by atoms with Crippen molar-refractivity contribution in [3.05, 3.63) is 58.3 Å². The first-order valence-electron chi connectivity index (χ1n) is 5.98.